The Labute approximate surface area is 149 Å². The van der Waals surface area contributed by atoms with Gasteiger partial charge in [-0.1, -0.05) is 18.2 Å². The summed E-state index contributed by atoms with van der Waals surface area (Å²) < 4.78 is 11.0. The lowest BCUT2D eigenvalue weighted by Gasteiger charge is -2.42. The fourth-order valence-corrected chi connectivity index (χ4v) is 3.57. The van der Waals surface area contributed by atoms with Crippen molar-refractivity contribution in [3.05, 3.63) is 29.8 Å². The van der Waals surface area contributed by atoms with E-state index in [9.17, 15) is 9.90 Å². The van der Waals surface area contributed by atoms with E-state index in [0.717, 1.165) is 37.2 Å². The lowest BCUT2D eigenvalue weighted by atomic mass is 9.93. The third kappa shape index (κ3) is 4.44. The van der Waals surface area contributed by atoms with E-state index in [-0.39, 0.29) is 18.2 Å². The van der Waals surface area contributed by atoms with Gasteiger partial charge in [-0.05, 0) is 39.7 Å². The highest BCUT2D eigenvalue weighted by molar-refractivity contribution is 5.68. The molecule has 3 rings (SSSR count). The van der Waals surface area contributed by atoms with Crippen molar-refractivity contribution in [3.8, 4) is 5.75 Å². The number of carbonyl (C=O) groups excluding carboxylic acids is 1. The van der Waals surface area contributed by atoms with E-state index in [0.29, 0.717) is 6.61 Å². The molecule has 0 aromatic heterocycles. The number of piperidine rings is 1. The van der Waals surface area contributed by atoms with Crippen molar-refractivity contribution < 1.29 is 19.4 Å². The number of ether oxygens (including phenoxy) is 2. The Morgan fingerprint density at radius 3 is 2.64 bits per heavy atom. The van der Waals surface area contributed by atoms with Gasteiger partial charge in [0.1, 0.15) is 24.1 Å². The van der Waals surface area contributed by atoms with Gasteiger partial charge in [-0.15, -0.1) is 0 Å². The first kappa shape index (κ1) is 18.0. The third-order valence-corrected chi connectivity index (χ3v) is 4.66. The van der Waals surface area contributed by atoms with Gasteiger partial charge in [0.25, 0.3) is 0 Å². The third-order valence-electron chi connectivity index (χ3n) is 4.66. The number of nitrogens with zero attached hydrogens (tertiary/aromatic N) is 1. The number of hydrogen-bond acceptors (Lipinski definition) is 5. The summed E-state index contributed by atoms with van der Waals surface area (Å²) in [4.78, 5) is 14.2. The van der Waals surface area contributed by atoms with E-state index in [1.165, 1.54) is 0 Å². The van der Waals surface area contributed by atoms with Gasteiger partial charge in [0.15, 0.2) is 0 Å². The number of benzene rings is 1. The maximum Gasteiger partial charge on any atom is 0.407 e. The Bertz CT molecular complexity index is 606. The predicted octanol–water partition coefficient (Wildman–Crippen LogP) is 2.47. The van der Waals surface area contributed by atoms with Crippen LogP contribution in [0.1, 0.15) is 45.2 Å². The average molecular weight is 348 g/mol. The summed E-state index contributed by atoms with van der Waals surface area (Å²) in [5.74, 6) is 0.854. The van der Waals surface area contributed by atoms with Crippen LogP contribution in [0.15, 0.2) is 24.3 Å². The minimum absolute atomic E-state index is 0.0487. The minimum atomic E-state index is -0.537. The van der Waals surface area contributed by atoms with Crippen molar-refractivity contribution in [2.45, 2.75) is 57.4 Å². The number of hydrogen-bond donors (Lipinski definition) is 2. The van der Waals surface area contributed by atoms with Crippen LogP contribution >= 0.6 is 0 Å². The predicted molar refractivity (Wildman–Crippen MR) is 94.6 cm³/mol. The van der Waals surface area contributed by atoms with Gasteiger partial charge in [-0.25, -0.2) is 4.79 Å². The van der Waals surface area contributed by atoms with Crippen LogP contribution in [0.5, 0.6) is 5.75 Å². The van der Waals surface area contributed by atoms with Crippen molar-refractivity contribution in [1.82, 2.24) is 10.2 Å². The van der Waals surface area contributed by atoms with Crippen molar-refractivity contribution in [3.63, 3.8) is 0 Å². The minimum Gasteiger partial charge on any atom is -0.490 e. The molecule has 2 aliphatic heterocycles. The van der Waals surface area contributed by atoms with E-state index < -0.39 is 11.7 Å². The molecule has 1 aromatic rings. The molecule has 6 nitrogen and oxygen atoms in total. The summed E-state index contributed by atoms with van der Waals surface area (Å²) in [5, 5.41) is 13.4. The molecule has 1 fully saturated rings. The second-order valence-corrected chi connectivity index (χ2v) is 7.82. The maximum atomic E-state index is 11.9. The second kappa shape index (κ2) is 7.22. The molecule has 0 radical (unpaired) electrons. The number of fused-ring (bicyclic) bond motifs is 1. The molecule has 0 aliphatic carbocycles. The van der Waals surface area contributed by atoms with Gasteiger partial charge in [0, 0.05) is 24.7 Å². The zero-order valence-electron chi connectivity index (χ0n) is 15.2. The molecule has 2 atom stereocenters. The molecule has 1 aromatic carbocycles. The van der Waals surface area contributed by atoms with Crippen molar-refractivity contribution in [2.24, 2.45) is 0 Å². The Morgan fingerprint density at radius 1 is 1.28 bits per heavy atom. The van der Waals surface area contributed by atoms with E-state index in [1.54, 1.807) is 0 Å². The zero-order valence-corrected chi connectivity index (χ0v) is 15.2. The highest BCUT2D eigenvalue weighted by atomic mass is 16.6. The van der Waals surface area contributed by atoms with Crippen LogP contribution in [0.4, 0.5) is 4.79 Å². The van der Waals surface area contributed by atoms with Gasteiger partial charge in [0.2, 0.25) is 0 Å². The van der Waals surface area contributed by atoms with Crippen molar-refractivity contribution >= 4 is 6.09 Å². The smallest absolute Gasteiger partial charge is 0.407 e. The zero-order chi connectivity index (χ0) is 18.0. The summed E-state index contributed by atoms with van der Waals surface area (Å²) in [6.45, 7) is 7.53. The molecule has 0 saturated carbocycles. The number of rotatable bonds is 2. The number of aliphatic hydroxyl groups excluding tert-OH is 1. The molecular formula is C19H28N2O4. The van der Waals surface area contributed by atoms with Crippen LogP contribution in [-0.4, -0.2) is 53.5 Å². The molecule has 138 valence electrons. The van der Waals surface area contributed by atoms with Crippen LogP contribution in [0.25, 0.3) is 0 Å². The van der Waals surface area contributed by atoms with Crippen LogP contribution in [0, 0.1) is 0 Å². The molecule has 0 bridgehead atoms. The number of aliphatic hydroxyl groups is 1. The molecular weight excluding hydrogens is 320 g/mol. The van der Waals surface area contributed by atoms with Gasteiger partial charge < -0.3 is 19.9 Å². The largest absolute Gasteiger partial charge is 0.490 e. The van der Waals surface area contributed by atoms with Gasteiger partial charge >= 0.3 is 6.09 Å². The Kier molecular flexibility index (Phi) is 5.20. The van der Waals surface area contributed by atoms with E-state index >= 15 is 0 Å². The SMILES string of the molecule is CC(C)(C)OC(=O)NC1CCN([C@H]2c3ccccc3OC[C@@H]2O)CC1. The number of nitrogens with one attached hydrogen (secondary N) is 1. The fourth-order valence-electron chi connectivity index (χ4n) is 3.57. The lowest BCUT2D eigenvalue weighted by Crippen LogP contribution is -2.50. The van der Waals surface area contributed by atoms with Crippen LogP contribution in [0.2, 0.25) is 0 Å². The summed E-state index contributed by atoms with van der Waals surface area (Å²) >= 11 is 0. The van der Waals surface area contributed by atoms with E-state index in [1.807, 2.05) is 45.0 Å². The molecule has 25 heavy (non-hydrogen) atoms. The molecule has 6 heteroatoms. The molecule has 0 spiro atoms. The summed E-state index contributed by atoms with van der Waals surface area (Å²) in [6, 6.07) is 7.96. The monoisotopic (exact) mass is 348 g/mol. The van der Waals surface area contributed by atoms with E-state index in [2.05, 4.69) is 10.2 Å². The first-order valence-electron chi connectivity index (χ1n) is 8.97. The Hall–Kier alpha value is -1.79. The number of para-hydroxylation sites is 1. The van der Waals surface area contributed by atoms with Gasteiger partial charge in [-0.3, -0.25) is 4.90 Å². The lowest BCUT2D eigenvalue weighted by molar-refractivity contribution is -0.0108. The van der Waals surface area contributed by atoms with Crippen LogP contribution in [0.3, 0.4) is 0 Å². The topological polar surface area (TPSA) is 71.0 Å². The number of alkyl carbamates (subject to hydrolysis) is 1. The van der Waals surface area contributed by atoms with Crippen LogP contribution < -0.4 is 10.1 Å². The quantitative estimate of drug-likeness (QED) is 0.859. The van der Waals surface area contributed by atoms with Crippen molar-refractivity contribution in [1.29, 1.82) is 0 Å². The first-order valence-corrected chi connectivity index (χ1v) is 8.97. The Balaban J connectivity index is 1.58. The standard InChI is InChI=1S/C19H28N2O4/c1-19(2,3)25-18(23)20-13-8-10-21(11-9-13)17-14-6-4-5-7-16(14)24-12-15(17)22/h4-7,13,15,17,22H,8-12H2,1-3H3,(H,20,23)/t15-,17-/m0/s1. The molecule has 2 N–H and O–H groups in total. The molecule has 1 saturated heterocycles. The van der Waals surface area contributed by atoms with Gasteiger partial charge in [-0.2, -0.15) is 0 Å². The highest BCUT2D eigenvalue weighted by Gasteiger charge is 2.36. The number of amides is 1. The van der Waals surface area contributed by atoms with Gasteiger partial charge in [0.05, 0.1) is 6.04 Å². The summed E-state index contributed by atoms with van der Waals surface area (Å²) in [6.07, 6.45) is 0.782. The molecule has 2 aliphatic rings. The summed E-state index contributed by atoms with van der Waals surface area (Å²) in [7, 11) is 0. The highest BCUT2D eigenvalue weighted by Crippen LogP contribution is 2.37. The van der Waals surface area contributed by atoms with E-state index in [4.69, 9.17) is 9.47 Å². The second-order valence-electron chi connectivity index (χ2n) is 7.82. The molecule has 1 amide bonds. The fraction of sp³-hybridized carbons (Fsp3) is 0.632. The normalized spacial score (nSPS) is 25.0. The van der Waals surface area contributed by atoms with Crippen LogP contribution in [-0.2, 0) is 4.74 Å². The number of carbonyl (C=O) groups is 1. The number of likely N-dealkylation sites (tertiary alicyclic amines) is 1. The molecule has 0 unspecified atom stereocenters. The average Bonchev–Trinajstić information content (AvgIpc) is 2.54. The first-order chi connectivity index (χ1) is 11.8. The summed E-state index contributed by atoms with van der Waals surface area (Å²) in [5.41, 5.74) is 0.556. The molecule has 2 heterocycles. The maximum absolute atomic E-state index is 11.9. The van der Waals surface area contributed by atoms with Crippen molar-refractivity contribution in [2.75, 3.05) is 19.7 Å². The Morgan fingerprint density at radius 2 is 1.96 bits per heavy atom.